The Morgan fingerprint density at radius 2 is 2.21 bits per heavy atom. The van der Waals surface area contributed by atoms with E-state index in [0.717, 1.165) is 18.4 Å². The Bertz CT molecular complexity index is 775. The van der Waals surface area contributed by atoms with Crippen LogP contribution in [0.25, 0.3) is 11.4 Å². The van der Waals surface area contributed by atoms with Gasteiger partial charge in [0.1, 0.15) is 5.41 Å². The van der Waals surface area contributed by atoms with E-state index in [1.165, 1.54) is 0 Å². The Labute approximate surface area is 144 Å². The van der Waals surface area contributed by atoms with E-state index in [9.17, 15) is 10.1 Å². The van der Waals surface area contributed by atoms with E-state index in [1.54, 1.807) is 12.1 Å². The molecule has 0 saturated heterocycles. The number of carbonyl (C=O) groups excluding carboxylic acids is 1. The van der Waals surface area contributed by atoms with Crippen molar-refractivity contribution >= 4 is 17.5 Å². The minimum absolute atomic E-state index is 0.197. The zero-order chi connectivity index (χ0) is 17.0. The molecule has 1 fully saturated rings. The molecule has 1 N–H and O–H groups in total. The van der Waals surface area contributed by atoms with E-state index >= 15 is 0 Å². The number of rotatable bonds is 5. The van der Waals surface area contributed by atoms with Gasteiger partial charge in [-0.3, -0.25) is 4.79 Å². The van der Waals surface area contributed by atoms with Gasteiger partial charge in [-0.1, -0.05) is 41.7 Å². The maximum absolute atomic E-state index is 12.2. The third-order valence-electron chi connectivity index (χ3n) is 4.28. The van der Waals surface area contributed by atoms with Gasteiger partial charge in [-0.2, -0.15) is 10.2 Å². The molecule has 7 heteroatoms. The monoisotopic (exact) mass is 344 g/mol. The summed E-state index contributed by atoms with van der Waals surface area (Å²) in [6, 6.07) is 9.38. The summed E-state index contributed by atoms with van der Waals surface area (Å²) < 4.78 is 5.20. The highest BCUT2D eigenvalue weighted by atomic mass is 35.5. The molecular weight excluding hydrogens is 328 g/mol. The van der Waals surface area contributed by atoms with Crippen LogP contribution in [0.1, 0.15) is 31.6 Å². The van der Waals surface area contributed by atoms with Gasteiger partial charge in [-0.15, -0.1) is 0 Å². The lowest BCUT2D eigenvalue weighted by Gasteiger charge is -2.18. The Morgan fingerprint density at radius 3 is 2.92 bits per heavy atom. The lowest BCUT2D eigenvalue weighted by Crippen LogP contribution is -2.39. The van der Waals surface area contributed by atoms with Crippen LogP contribution in [-0.2, 0) is 11.2 Å². The molecule has 1 aliphatic carbocycles. The Balaban J connectivity index is 1.56. The fraction of sp³-hybridized carbons (Fsp3) is 0.412. The molecule has 0 bridgehead atoms. The van der Waals surface area contributed by atoms with Crippen LogP contribution >= 0.6 is 11.6 Å². The maximum Gasteiger partial charge on any atom is 0.240 e. The number of hydrogen-bond donors (Lipinski definition) is 1. The number of aromatic nitrogens is 2. The van der Waals surface area contributed by atoms with Gasteiger partial charge < -0.3 is 9.84 Å². The number of carbonyl (C=O) groups is 1. The van der Waals surface area contributed by atoms with Crippen LogP contribution < -0.4 is 5.32 Å². The van der Waals surface area contributed by atoms with Gasteiger partial charge in [0.2, 0.25) is 17.6 Å². The van der Waals surface area contributed by atoms with Gasteiger partial charge >= 0.3 is 0 Å². The molecule has 124 valence electrons. The first-order valence-electron chi connectivity index (χ1n) is 7.91. The number of halogens is 1. The summed E-state index contributed by atoms with van der Waals surface area (Å²) in [7, 11) is 0. The number of benzene rings is 1. The lowest BCUT2D eigenvalue weighted by atomic mass is 9.87. The van der Waals surface area contributed by atoms with Crippen LogP contribution in [-0.4, -0.2) is 22.6 Å². The van der Waals surface area contributed by atoms with Crippen molar-refractivity contribution in [3.05, 3.63) is 35.2 Å². The minimum atomic E-state index is -0.860. The van der Waals surface area contributed by atoms with E-state index in [-0.39, 0.29) is 5.91 Å². The van der Waals surface area contributed by atoms with Crippen LogP contribution in [0.5, 0.6) is 0 Å². The molecule has 3 rings (SSSR count). The van der Waals surface area contributed by atoms with Crippen LogP contribution in [0.15, 0.2) is 28.8 Å². The predicted octanol–water partition coefficient (Wildman–Crippen LogP) is 3.13. The first-order chi connectivity index (χ1) is 11.6. The van der Waals surface area contributed by atoms with Crippen molar-refractivity contribution in [2.24, 2.45) is 5.41 Å². The topological polar surface area (TPSA) is 91.8 Å². The maximum atomic E-state index is 12.2. The van der Waals surface area contributed by atoms with Gasteiger partial charge in [0.05, 0.1) is 6.07 Å². The van der Waals surface area contributed by atoms with Crippen LogP contribution in [0.4, 0.5) is 0 Å². The van der Waals surface area contributed by atoms with Crippen LogP contribution in [0.2, 0.25) is 5.02 Å². The first-order valence-corrected chi connectivity index (χ1v) is 8.29. The molecule has 0 aliphatic heterocycles. The number of hydrogen-bond acceptors (Lipinski definition) is 5. The highest BCUT2D eigenvalue weighted by molar-refractivity contribution is 6.30. The second-order valence-electron chi connectivity index (χ2n) is 5.93. The van der Waals surface area contributed by atoms with Gasteiger partial charge in [-0.25, -0.2) is 0 Å². The summed E-state index contributed by atoms with van der Waals surface area (Å²) in [6.07, 6.45) is 3.53. The average molecular weight is 345 g/mol. The van der Waals surface area contributed by atoms with Gasteiger partial charge in [0.25, 0.3) is 0 Å². The summed E-state index contributed by atoms with van der Waals surface area (Å²) in [5, 5.41) is 16.6. The second kappa shape index (κ2) is 7.02. The normalized spacial score (nSPS) is 15.8. The molecule has 0 radical (unpaired) electrons. The molecule has 6 nitrogen and oxygen atoms in total. The SMILES string of the molecule is N#CC1(C(=O)NCCc2nc(-c3cccc(Cl)c3)no2)CCCC1. The molecule has 1 aromatic carbocycles. The number of nitrogens with one attached hydrogen (secondary N) is 1. The lowest BCUT2D eigenvalue weighted by molar-refractivity contribution is -0.127. The van der Waals surface area contributed by atoms with E-state index in [2.05, 4.69) is 21.5 Å². The van der Waals surface area contributed by atoms with Gasteiger partial charge in [0, 0.05) is 23.6 Å². The molecule has 24 heavy (non-hydrogen) atoms. The van der Waals surface area contributed by atoms with Crippen molar-refractivity contribution in [3.8, 4) is 17.5 Å². The molecule has 0 atom stereocenters. The van der Waals surface area contributed by atoms with Crippen molar-refractivity contribution in [2.75, 3.05) is 6.54 Å². The van der Waals surface area contributed by atoms with Crippen LogP contribution in [0.3, 0.4) is 0 Å². The van der Waals surface area contributed by atoms with Crippen LogP contribution in [0, 0.1) is 16.7 Å². The summed E-state index contributed by atoms with van der Waals surface area (Å²) in [4.78, 5) is 16.5. The number of nitriles is 1. The third-order valence-corrected chi connectivity index (χ3v) is 4.52. The molecule has 0 unspecified atom stereocenters. The molecule has 2 aromatic rings. The summed E-state index contributed by atoms with van der Waals surface area (Å²) in [6.45, 7) is 0.361. The van der Waals surface area contributed by atoms with Crippen molar-refractivity contribution in [1.29, 1.82) is 5.26 Å². The smallest absolute Gasteiger partial charge is 0.240 e. The Kier molecular flexibility index (Phi) is 4.81. The Morgan fingerprint density at radius 1 is 1.42 bits per heavy atom. The van der Waals surface area contributed by atoms with E-state index in [4.69, 9.17) is 16.1 Å². The molecule has 1 amide bonds. The molecule has 0 spiro atoms. The highest BCUT2D eigenvalue weighted by Crippen LogP contribution is 2.37. The largest absolute Gasteiger partial charge is 0.354 e. The fourth-order valence-corrected chi connectivity index (χ4v) is 3.11. The van der Waals surface area contributed by atoms with Gasteiger partial charge in [0.15, 0.2) is 0 Å². The molecule has 1 saturated carbocycles. The first kappa shape index (κ1) is 16.5. The number of nitrogens with zero attached hydrogens (tertiary/aromatic N) is 3. The van der Waals surface area contributed by atoms with Gasteiger partial charge in [-0.05, 0) is 25.0 Å². The average Bonchev–Trinajstić information content (AvgIpc) is 3.25. The van der Waals surface area contributed by atoms with Crippen molar-refractivity contribution < 1.29 is 9.32 Å². The molecule has 1 aliphatic rings. The van der Waals surface area contributed by atoms with E-state index in [0.29, 0.717) is 42.5 Å². The molecule has 1 heterocycles. The molecule has 1 aromatic heterocycles. The van der Waals surface area contributed by atoms with Crippen molar-refractivity contribution in [2.45, 2.75) is 32.1 Å². The highest BCUT2D eigenvalue weighted by Gasteiger charge is 2.41. The van der Waals surface area contributed by atoms with E-state index < -0.39 is 5.41 Å². The summed E-state index contributed by atoms with van der Waals surface area (Å²) in [5.74, 6) is 0.697. The minimum Gasteiger partial charge on any atom is -0.354 e. The fourth-order valence-electron chi connectivity index (χ4n) is 2.92. The summed E-state index contributed by atoms with van der Waals surface area (Å²) in [5.41, 5.74) is -0.0863. The zero-order valence-electron chi connectivity index (χ0n) is 13.1. The molecular formula is C17H17ClN4O2. The Hall–Kier alpha value is -2.39. The zero-order valence-corrected chi connectivity index (χ0v) is 13.8. The quantitative estimate of drug-likeness (QED) is 0.899. The number of amides is 1. The van der Waals surface area contributed by atoms with Crippen molar-refractivity contribution in [1.82, 2.24) is 15.5 Å². The predicted molar refractivity (Wildman–Crippen MR) is 88.0 cm³/mol. The van der Waals surface area contributed by atoms with E-state index in [1.807, 2.05) is 12.1 Å². The third kappa shape index (κ3) is 3.41. The standard InChI is InChI=1S/C17H17ClN4O2/c18-13-5-3-4-12(10-13)15-21-14(24-22-15)6-9-20-16(23)17(11-19)7-1-2-8-17/h3-5,10H,1-2,6-9H2,(H,20,23). The summed E-state index contributed by atoms with van der Waals surface area (Å²) >= 11 is 5.95. The van der Waals surface area contributed by atoms with Crippen molar-refractivity contribution in [3.63, 3.8) is 0 Å². The second-order valence-corrected chi connectivity index (χ2v) is 6.37.